The number of hydrogen-bond donors (Lipinski definition) is 3. The molecule has 17 nitrogen and oxygen atoms in total. The topological polar surface area (TPSA) is 237 Å². The van der Waals surface area contributed by atoms with Gasteiger partial charge in [-0.3, -0.25) is 37.3 Å². The highest BCUT2D eigenvalue weighted by Gasteiger charge is 2.30. The number of aliphatic hydroxyl groups is 1. The SMILES string of the molecule is CCCCCCCCCCCCCCCCCCCCCCCC(=O)O[C@H](COC(=O)CCCCCCCCCCCCCCCCCCCCC)COP(=O)(O)OC[C@@H](O)COP(=O)(O)OC[C@@H](COC(=O)CCCCCCCCCCCCCCC)OC(=O)CCCCCCCCCCCCCC(C)C. The molecule has 3 N–H and O–H groups in total. The van der Waals surface area contributed by atoms with Gasteiger partial charge >= 0.3 is 39.5 Å². The summed E-state index contributed by atoms with van der Waals surface area (Å²) in [5, 5.41) is 10.7. The van der Waals surface area contributed by atoms with E-state index in [-0.39, 0.29) is 25.7 Å². The van der Waals surface area contributed by atoms with Crippen molar-refractivity contribution in [3.8, 4) is 0 Å². The fourth-order valence-electron chi connectivity index (χ4n) is 13.8. The summed E-state index contributed by atoms with van der Waals surface area (Å²) in [6, 6.07) is 0. The molecule has 0 aromatic carbocycles. The molecular formula is C88H172O17P2. The molecule has 0 heterocycles. The van der Waals surface area contributed by atoms with E-state index in [1.54, 1.807) is 0 Å². The number of phosphoric acid groups is 2. The van der Waals surface area contributed by atoms with Crippen LogP contribution in [0.1, 0.15) is 478 Å². The first-order valence-corrected chi connectivity index (χ1v) is 48.6. The van der Waals surface area contributed by atoms with Crippen molar-refractivity contribution in [2.45, 2.75) is 496 Å². The lowest BCUT2D eigenvalue weighted by Crippen LogP contribution is -2.30. The van der Waals surface area contributed by atoms with Crippen molar-refractivity contribution in [3.63, 3.8) is 0 Å². The Morgan fingerprint density at radius 1 is 0.252 bits per heavy atom. The second kappa shape index (κ2) is 80.7. The van der Waals surface area contributed by atoms with E-state index in [0.29, 0.717) is 25.7 Å². The van der Waals surface area contributed by atoms with Gasteiger partial charge in [-0.05, 0) is 31.6 Å². The summed E-state index contributed by atoms with van der Waals surface area (Å²) in [4.78, 5) is 73.3. The average molecular weight is 1560 g/mol. The molecule has 636 valence electrons. The van der Waals surface area contributed by atoms with Gasteiger partial charge in [0, 0.05) is 25.7 Å². The van der Waals surface area contributed by atoms with Crippen LogP contribution in [0.3, 0.4) is 0 Å². The van der Waals surface area contributed by atoms with Crippen molar-refractivity contribution < 1.29 is 80.2 Å². The van der Waals surface area contributed by atoms with Gasteiger partial charge in [0.2, 0.25) is 0 Å². The largest absolute Gasteiger partial charge is 0.472 e. The van der Waals surface area contributed by atoms with E-state index >= 15 is 0 Å². The smallest absolute Gasteiger partial charge is 0.462 e. The van der Waals surface area contributed by atoms with Crippen molar-refractivity contribution in [2.75, 3.05) is 39.6 Å². The van der Waals surface area contributed by atoms with Crippen LogP contribution in [-0.2, 0) is 65.4 Å². The molecule has 107 heavy (non-hydrogen) atoms. The lowest BCUT2D eigenvalue weighted by Gasteiger charge is -2.21. The summed E-state index contributed by atoms with van der Waals surface area (Å²) in [6.45, 7) is 7.38. The maximum absolute atomic E-state index is 13.2. The molecule has 0 aliphatic carbocycles. The Morgan fingerprint density at radius 2 is 0.430 bits per heavy atom. The highest BCUT2D eigenvalue weighted by Crippen LogP contribution is 2.45. The molecule has 0 aliphatic heterocycles. The normalized spacial score (nSPS) is 13.7. The second-order valence-corrected chi connectivity index (χ2v) is 35.0. The van der Waals surface area contributed by atoms with Crippen LogP contribution in [0, 0.1) is 5.92 Å². The molecule has 5 atom stereocenters. The Balaban J connectivity index is 5.24. The van der Waals surface area contributed by atoms with Crippen LogP contribution >= 0.6 is 15.6 Å². The quantitative estimate of drug-likeness (QED) is 0.0222. The van der Waals surface area contributed by atoms with Gasteiger partial charge in [-0.25, -0.2) is 9.13 Å². The lowest BCUT2D eigenvalue weighted by atomic mass is 10.0. The molecule has 0 spiro atoms. The summed E-state index contributed by atoms with van der Waals surface area (Å²) in [5.74, 6) is -1.33. The zero-order valence-electron chi connectivity index (χ0n) is 70.3. The third-order valence-electron chi connectivity index (χ3n) is 20.8. The average Bonchev–Trinajstić information content (AvgIpc) is 0.903. The minimum absolute atomic E-state index is 0.107. The van der Waals surface area contributed by atoms with Crippen LogP contribution in [0.4, 0.5) is 0 Å². The first-order valence-electron chi connectivity index (χ1n) is 45.6. The van der Waals surface area contributed by atoms with E-state index in [1.165, 1.54) is 302 Å². The maximum atomic E-state index is 13.2. The van der Waals surface area contributed by atoms with E-state index in [9.17, 15) is 43.2 Å². The highest BCUT2D eigenvalue weighted by molar-refractivity contribution is 7.47. The number of ether oxygens (including phenoxy) is 4. The Hall–Kier alpha value is -1.94. The van der Waals surface area contributed by atoms with Crippen LogP contribution < -0.4 is 0 Å². The van der Waals surface area contributed by atoms with Crippen LogP contribution in [0.5, 0.6) is 0 Å². The molecule has 0 fully saturated rings. The van der Waals surface area contributed by atoms with E-state index in [4.69, 9.17) is 37.0 Å². The zero-order chi connectivity index (χ0) is 78.3. The molecule has 0 aromatic rings. The Labute approximate surface area is 658 Å². The fraction of sp³-hybridized carbons (Fsp3) is 0.955. The monoisotopic (exact) mass is 1560 g/mol. The Bertz CT molecular complexity index is 2030. The summed E-state index contributed by atoms with van der Waals surface area (Å²) in [6.07, 6.45) is 75.0. The molecule has 2 unspecified atom stereocenters. The van der Waals surface area contributed by atoms with Crippen molar-refractivity contribution in [3.05, 3.63) is 0 Å². The van der Waals surface area contributed by atoms with Gasteiger partial charge in [0.1, 0.15) is 19.3 Å². The number of hydrogen-bond acceptors (Lipinski definition) is 15. The van der Waals surface area contributed by atoms with Crippen molar-refractivity contribution in [2.24, 2.45) is 5.92 Å². The summed E-state index contributed by atoms with van der Waals surface area (Å²) >= 11 is 0. The number of aliphatic hydroxyl groups excluding tert-OH is 1. The highest BCUT2D eigenvalue weighted by atomic mass is 31.2. The summed E-state index contributed by atoms with van der Waals surface area (Å²) in [5.41, 5.74) is 0. The van der Waals surface area contributed by atoms with Gasteiger partial charge < -0.3 is 33.8 Å². The van der Waals surface area contributed by atoms with Gasteiger partial charge in [-0.15, -0.1) is 0 Å². The molecule has 19 heteroatoms. The number of unbranched alkanes of at least 4 members (excludes halogenated alkanes) is 60. The van der Waals surface area contributed by atoms with Crippen molar-refractivity contribution in [1.82, 2.24) is 0 Å². The zero-order valence-corrected chi connectivity index (χ0v) is 72.1. The van der Waals surface area contributed by atoms with E-state index in [1.807, 2.05) is 0 Å². The first-order chi connectivity index (χ1) is 52.0. The van der Waals surface area contributed by atoms with Crippen LogP contribution in [0.15, 0.2) is 0 Å². The third-order valence-corrected chi connectivity index (χ3v) is 22.7. The molecule has 0 bridgehead atoms. The maximum Gasteiger partial charge on any atom is 0.472 e. The molecule has 0 amide bonds. The third kappa shape index (κ3) is 81.9. The Kier molecular flexibility index (Phi) is 79.2. The van der Waals surface area contributed by atoms with Crippen LogP contribution in [0.25, 0.3) is 0 Å². The van der Waals surface area contributed by atoms with E-state index in [2.05, 4.69) is 34.6 Å². The van der Waals surface area contributed by atoms with Crippen LogP contribution in [0.2, 0.25) is 0 Å². The van der Waals surface area contributed by atoms with Gasteiger partial charge in [0.15, 0.2) is 12.2 Å². The molecule has 0 aromatic heterocycles. The summed E-state index contributed by atoms with van der Waals surface area (Å²) < 4.78 is 69.0. The number of esters is 4. The predicted octanol–water partition coefficient (Wildman–Crippen LogP) is 27.2. The lowest BCUT2D eigenvalue weighted by molar-refractivity contribution is -0.161. The minimum atomic E-state index is -4.97. The number of rotatable bonds is 88. The number of carbonyl (C=O) groups is 4. The number of carbonyl (C=O) groups excluding carboxylic acids is 4. The minimum Gasteiger partial charge on any atom is -0.462 e. The molecule has 0 saturated carbocycles. The van der Waals surface area contributed by atoms with E-state index in [0.717, 1.165) is 95.8 Å². The second-order valence-electron chi connectivity index (χ2n) is 32.1. The first kappa shape index (κ1) is 105. The fourth-order valence-corrected chi connectivity index (χ4v) is 15.4. The molecule has 0 rings (SSSR count). The van der Waals surface area contributed by atoms with Crippen molar-refractivity contribution in [1.29, 1.82) is 0 Å². The van der Waals surface area contributed by atoms with E-state index < -0.39 is 97.5 Å². The molecule has 0 aliphatic rings. The van der Waals surface area contributed by atoms with Gasteiger partial charge in [-0.2, -0.15) is 0 Å². The summed E-state index contributed by atoms with van der Waals surface area (Å²) in [7, 11) is -9.93. The van der Waals surface area contributed by atoms with Gasteiger partial charge in [-0.1, -0.05) is 426 Å². The van der Waals surface area contributed by atoms with Crippen LogP contribution in [-0.4, -0.2) is 96.7 Å². The van der Waals surface area contributed by atoms with Gasteiger partial charge in [0.25, 0.3) is 0 Å². The Morgan fingerprint density at radius 3 is 0.636 bits per heavy atom. The molecular weight excluding hydrogens is 1390 g/mol. The molecule has 0 radical (unpaired) electrons. The van der Waals surface area contributed by atoms with Crippen molar-refractivity contribution >= 4 is 39.5 Å². The number of phosphoric ester groups is 2. The van der Waals surface area contributed by atoms with Gasteiger partial charge in [0.05, 0.1) is 26.4 Å². The predicted molar refractivity (Wildman–Crippen MR) is 442 cm³/mol. The standard InChI is InChI=1S/C88H172O17P2/c1-6-9-12-15-18-21-24-27-29-31-33-34-36-38-40-43-48-53-58-63-68-73-87(92)104-83(77-99-86(91)72-67-62-57-52-47-42-39-37-35-32-30-28-25-22-19-16-13-10-7-2)79-102-106(94,95)100-75-82(89)76-101-107(96,97)103-80-84(78-98-85(90)71-66-61-56-51-46-41-26-23-20-17-14-11-8-3)105-88(93)74-69-64-59-54-49-44-45-50-55-60-65-70-81(4)5/h81-84,89H,6-80H2,1-5H3,(H,94,95)(H,96,97)/t82-,83-,84-/m1/s1. The molecule has 0 saturated heterocycles.